The molecule has 3 N–H and O–H groups in total. The van der Waals surface area contributed by atoms with Gasteiger partial charge in [0.15, 0.2) is 0 Å². The molecular weight excluding hydrogens is 302 g/mol. The summed E-state index contributed by atoms with van der Waals surface area (Å²) in [6.07, 6.45) is 5.22. The van der Waals surface area contributed by atoms with Crippen LogP contribution in [0.3, 0.4) is 0 Å². The van der Waals surface area contributed by atoms with Gasteiger partial charge in [-0.2, -0.15) is 0 Å². The molecule has 2 rings (SSSR count). The number of aliphatic hydroxyl groups excluding tert-OH is 1. The molecule has 130 valence electrons. The first kappa shape index (κ1) is 18.3. The molecule has 0 aliphatic carbocycles. The minimum atomic E-state index is -0.567. The van der Waals surface area contributed by atoms with Crippen molar-refractivity contribution in [3.8, 4) is 5.75 Å². The van der Waals surface area contributed by atoms with E-state index in [1.165, 1.54) is 11.1 Å². The quantitative estimate of drug-likeness (QED) is 0.776. The SMILES string of the molecule is Cc1ccc(OC/C=C/c2ccc(CCC(C)(N)CO)o2)cc1C. The Labute approximate surface area is 143 Å². The van der Waals surface area contributed by atoms with Crippen LogP contribution in [0.25, 0.3) is 6.08 Å². The maximum atomic E-state index is 9.17. The van der Waals surface area contributed by atoms with Gasteiger partial charge in [0.1, 0.15) is 23.9 Å². The van der Waals surface area contributed by atoms with Crippen LogP contribution in [0.4, 0.5) is 0 Å². The number of hydrogen-bond acceptors (Lipinski definition) is 4. The molecule has 0 bridgehead atoms. The summed E-state index contributed by atoms with van der Waals surface area (Å²) in [5.41, 5.74) is 7.84. The van der Waals surface area contributed by atoms with Crippen LogP contribution >= 0.6 is 0 Å². The molecule has 0 radical (unpaired) electrons. The van der Waals surface area contributed by atoms with Gasteiger partial charge in [-0.3, -0.25) is 0 Å². The Morgan fingerprint density at radius 1 is 1.21 bits per heavy atom. The standard InChI is InChI=1S/C20H27NO3/c1-15-6-7-19(13-16(15)2)23-12-4-5-17-8-9-18(24-17)10-11-20(3,21)14-22/h4-9,13,22H,10-12,14,21H2,1-3H3/b5-4+. The second kappa shape index (κ2) is 8.18. The van der Waals surface area contributed by atoms with E-state index in [2.05, 4.69) is 19.9 Å². The van der Waals surface area contributed by atoms with E-state index in [9.17, 15) is 0 Å². The van der Waals surface area contributed by atoms with Crippen LogP contribution in [0.1, 0.15) is 36.0 Å². The molecule has 0 aliphatic heterocycles. The number of nitrogens with two attached hydrogens (primary N) is 1. The molecule has 1 aromatic carbocycles. The molecule has 2 aromatic rings. The number of aliphatic hydroxyl groups is 1. The van der Waals surface area contributed by atoms with Gasteiger partial charge in [0.25, 0.3) is 0 Å². The van der Waals surface area contributed by atoms with E-state index in [1.807, 2.05) is 43.3 Å². The maximum Gasteiger partial charge on any atom is 0.126 e. The van der Waals surface area contributed by atoms with E-state index in [-0.39, 0.29) is 6.61 Å². The molecule has 4 nitrogen and oxygen atoms in total. The first-order valence-electron chi connectivity index (χ1n) is 8.25. The van der Waals surface area contributed by atoms with Gasteiger partial charge in [0.2, 0.25) is 0 Å². The highest BCUT2D eigenvalue weighted by Gasteiger charge is 2.17. The monoisotopic (exact) mass is 329 g/mol. The summed E-state index contributed by atoms with van der Waals surface area (Å²) in [6.45, 7) is 6.45. The molecule has 1 unspecified atom stereocenters. The summed E-state index contributed by atoms with van der Waals surface area (Å²) < 4.78 is 11.4. The van der Waals surface area contributed by atoms with Gasteiger partial charge in [0.05, 0.1) is 6.61 Å². The maximum absolute atomic E-state index is 9.17. The van der Waals surface area contributed by atoms with Crippen LogP contribution in [0, 0.1) is 13.8 Å². The second-order valence-electron chi connectivity index (χ2n) is 6.58. The average Bonchev–Trinajstić information content (AvgIpc) is 3.01. The van der Waals surface area contributed by atoms with E-state index >= 15 is 0 Å². The van der Waals surface area contributed by atoms with E-state index in [1.54, 1.807) is 0 Å². The molecule has 1 aromatic heterocycles. The Kier molecular flexibility index (Phi) is 6.23. The zero-order valence-electron chi connectivity index (χ0n) is 14.7. The second-order valence-corrected chi connectivity index (χ2v) is 6.58. The lowest BCUT2D eigenvalue weighted by atomic mass is 9.98. The molecule has 4 heteroatoms. The van der Waals surface area contributed by atoms with Gasteiger partial charge >= 0.3 is 0 Å². The van der Waals surface area contributed by atoms with Crippen molar-refractivity contribution in [2.45, 2.75) is 39.2 Å². The van der Waals surface area contributed by atoms with Crippen molar-refractivity contribution in [1.29, 1.82) is 0 Å². The Bertz CT molecular complexity index is 686. The normalized spacial score (nSPS) is 14.0. The van der Waals surface area contributed by atoms with Gasteiger partial charge in [-0.1, -0.05) is 6.07 Å². The van der Waals surface area contributed by atoms with Gasteiger partial charge in [-0.15, -0.1) is 0 Å². The predicted octanol–water partition coefficient (Wildman–Crippen LogP) is 3.63. The lowest BCUT2D eigenvalue weighted by molar-refractivity contribution is 0.199. The lowest BCUT2D eigenvalue weighted by Gasteiger charge is -2.20. The van der Waals surface area contributed by atoms with E-state index in [0.29, 0.717) is 19.4 Å². The number of furan rings is 1. The zero-order chi connectivity index (χ0) is 17.6. The number of rotatable bonds is 8. The van der Waals surface area contributed by atoms with Crippen LogP contribution in [-0.4, -0.2) is 23.9 Å². The lowest BCUT2D eigenvalue weighted by Crippen LogP contribution is -2.40. The van der Waals surface area contributed by atoms with Crippen LogP contribution in [-0.2, 0) is 6.42 Å². The molecule has 0 saturated carbocycles. The largest absolute Gasteiger partial charge is 0.490 e. The van der Waals surface area contributed by atoms with Crippen molar-refractivity contribution in [1.82, 2.24) is 0 Å². The Balaban J connectivity index is 1.81. The van der Waals surface area contributed by atoms with Crippen molar-refractivity contribution in [2.75, 3.05) is 13.2 Å². The molecular formula is C20H27NO3. The highest BCUT2D eigenvalue weighted by Crippen LogP contribution is 2.17. The van der Waals surface area contributed by atoms with Crippen molar-refractivity contribution in [3.63, 3.8) is 0 Å². The fourth-order valence-corrected chi connectivity index (χ4v) is 2.22. The molecule has 0 amide bonds. The summed E-state index contributed by atoms with van der Waals surface area (Å²) in [6, 6.07) is 9.95. The molecule has 1 atom stereocenters. The van der Waals surface area contributed by atoms with Gasteiger partial charge in [-0.25, -0.2) is 0 Å². The molecule has 0 fully saturated rings. The zero-order valence-corrected chi connectivity index (χ0v) is 14.7. The van der Waals surface area contributed by atoms with Crippen molar-refractivity contribution in [2.24, 2.45) is 5.73 Å². The molecule has 1 heterocycles. The van der Waals surface area contributed by atoms with E-state index < -0.39 is 5.54 Å². The molecule has 0 aliphatic rings. The van der Waals surface area contributed by atoms with E-state index in [0.717, 1.165) is 17.3 Å². The van der Waals surface area contributed by atoms with Gasteiger partial charge < -0.3 is 20.0 Å². The third-order valence-corrected chi connectivity index (χ3v) is 4.09. The van der Waals surface area contributed by atoms with Crippen molar-refractivity contribution < 1.29 is 14.3 Å². The minimum Gasteiger partial charge on any atom is -0.490 e. The number of ether oxygens (including phenoxy) is 1. The summed E-state index contributed by atoms with van der Waals surface area (Å²) in [7, 11) is 0. The van der Waals surface area contributed by atoms with Crippen LogP contribution < -0.4 is 10.5 Å². The number of benzene rings is 1. The van der Waals surface area contributed by atoms with Crippen LogP contribution in [0.2, 0.25) is 0 Å². The first-order valence-corrected chi connectivity index (χ1v) is 8.25. The highest BCUT2D eigenvalue weighted by molar-refractivity contribution is 5.43. The molecule has 0 spiro atoms. The smallest absolute Gasteiger partial charge is 0.126 e. The minimum absolute atomic E-state index is 0.0315. The highest BCUT2D eigenvalue weighted by atomic mass is 16.5. The number of hydrogen-bond donors (Lipinski definition) is 2. The van der Waals surface area contributed by atoms with Gasteiger partial charge in [-0.05, 0) is 74.7 Å². The number of aryl methyl sites for hydroxylation is 3. The summed E-state index contributed by atoms with van der Waals surface area (Å²) in [4.78, 5) is 0. The van der Waals surface area contributed by atoms with Crippen molar-refractivity contribution >= 4 is 6.08 Å². The van der Waals surface area contributed by atoms with Gasteiger partial charge in [0, 0.05) is 12.0 Å². The first-order chi connectivity index (χ1) is 11.4. The summed E-state index contributed by atoms with van der Waals surface area (Å²) in [5.74, 6) is 2.53. The van der Waals surface area contributed by atoms with Crippen molar-refractivity contribution in [3.05, 3.63) is 59.1 Å². The summed E-state index contributed by atoms with van der Waals surface area (Å²) >= 11 is 0. The third kappa shape index (κ3) is 5.55. The molecule has 24 heavy (non-hydrogen) atoms. The average molecular weight is 329 g/mol. The van der Waals surface area contributed by atoms with Crippen LogP contribution in [0.5, 0.6) is 5.75 Å². The molecule has 0 saturated heterocycles. The third-order valence-electron chi connectivity index (χ3n) is 4.09. The predicted molar refractivity (Wildman–Crippen MR) is 97.2 cm³/mol. The topological polar surface area (TPSA) is 68.6 Å². The van der Waals surface area contributed by atoms with Crippen LogP contribution in [0.15, 0.2) is 40.8 Å². The Morgan fingerprint density at radius 2 is 2.00 bits per heavy atom. The van der Waals surface area contributed by atoms with E-state index in [4.69, 9.17) is 20.0 Å². The Hall–Kier alpha value is -2.04. The Morgan fingerprint density at radius 3 is 2.71 bits per heavy atom. The fraction of sp³-hybridized carbons (Fsp3) is 0.400. The summed E-state index contributed by atoms with van der Waals surface area (Å²) in [5, 5.41) is 9.17. The fourth-order valence-electron chi connectivity index (χ4n) is 2.22.